The lowest BCUT2D eigenvalue weighted by Crippen LogP contribution is -1.98. The first-order chi connectivity index (χ1) is 5.33. The summed E-state index contributed by atoms with van der Waals surface area (Å²) in [5, 5.41) is 3.33. The van der Waals surface area contributed by atoms with Crippen LogP contribution in [-0.4, -0.2) is 6.54 Å². The minimum absolute atomic E-state index is 1.06. The van der Waals surface area contributed by atoms with Crippen molar-refractivity contribution in [1.82, 2.24) is 0 Å². The first-order valence-electron chi connectivity index (χ1n) is 3.82. The summed E-state index contributed by atoms with van der Waals surface area (Å²) in [6.07, 6.45) is 1.17. The topological polar surface area (TPSA) is 12.0 Å². The molecule has 1 nitrogen and oxygen atoms in total. The molecule has 1 aromatic rings. The van der Waals surface area contributed by atoms with Gasteiger partial charge in [-0.15, -0.1) is 0 Å². The molecule has 0 atom stereocenters. The predicted octanol–water partition coefficient (Wildman–Crippen LogP) is 3.11. The zero-order valence-electron chi connectivity index (χ0n) is 6.60. The summed E-state index contributed by atoms with van der Waals surface area (Å²) < 4.78 is 1.28. The molecule has 0 saturated heterocycles. The van der Waals surface area contributed by atoms with Crippen LogP contribution >= 0.6 is 22.6 Å². The van der Waals surface area contributed by atoms with Crippen molar-refractivity contribution in [3.05, 3.63) is 27.8 Å². The Morgan fingerprint density at radius 2 is 2.27 bits per heavy atom. The summed E-state index contributed by atoms with van der Waals surface area (Å²) in [5.41, 5.74) is 1.22. The van der Waals surface area contributed by atoms with Gasteiger partial charge in [-0.2, -0.15) is 0 Å². The summed E-state index contributed by atoms with van der Waals surface area (Å²) in [5.74, 6) is 0. The van der Waals surface area contributed by atoms with Crippen LogP contribution in [0.3, 0.4) is 0 Å². The van der Waals surface area contributed by atoms with Gasteiger partial charge in [-0.3, -0.25) is 0 Å². The Labute approximate surface area is 81.3 Å². The number of benzene rings is 1. The SMILES string of the molecule is CCCNc1cccc(I)c1. The predicted molar refractivity (Wildman–Crippen MR) is 57.9 cm³/mol. The highest BCUT2D eigenvalue weighted by Gasteiger charge is 1.89. The third kappa shape index (κ3) is 3.10. The second kappa shape index (κ2) is 4.59. The summed E-state index contributed by atoms with van der Waals surface area (Å²) in [7, 11) is 0. The third-order valence-electron chi connectivity index (χ3n) is 1.40. The summed E-state index contributed by atoms with van der Waals surface area (Å²) in [4.78, 5) is 0. The second-order valence-electron chi connectivity index (χ2n) is 2.44. The van der Waals surface area contributed by atoms with Gasteiger partial charge in [0.15, 0.2) is 0 Å². The molecule has 0 bridgehead atoms. The van der Waals surface area contributed by atoms with E-state index in [2.05, 4.69) is 59.1 Å². The highest BCUT2D eigenvalue weighted by Crippen LogP contribution is 2.11. The Kier molecular flexibility index (Phi) is 3.69. The van der Waals surface area contributed by atoms with Crippen molar-refractivity contribution in [3.8, 4) is 0 Å². The maximum atomic E-state index is 3.33. The van der Waals surface area contributed by atoms with Gasteiger partial charge in [-0.25, -0.2) is 0 Å². The van der Waals surface area contributed by atoms with Crippen LogP contribution < -0.4 is 5.32 Å². The van der Waals surface area contributed by atoms with Gasteiger partial charge in [0.2, 0.25) is 0 Å². The average molecular weight is 261 g/mol. The van der Waals surface area contributed by atoms with Gasteiger partial charge < -0.3 is 5.32 Å². The molecular weight excluding hydrogens is 249 g/mol. The van der Waals surface area contributed by atoms with Crippen LogP contribution in [0.4, 0.5) is 5.69 Å². The van der Waals surface area contributed by atoms with Crippen molar-refractivity contribution >= 4 is 28.3 Å². The van der Waals surface area contributed by atoms with Crippen molar-refractivity contribution in [2.45, 2.75) is 13.3 Å². The molecule has 1 rings (SSSR count). The Balaban J connectivity index is 2.56. The molecule has 2 heteroatoms. The van der Waals surface area contributed by atoms with Crippen molar-refractivity contribution in [2.24, 2.45) is 0 Å². The van der Waals surface area contributed by atoms with E-state index >= 15 is 0 Å². The molecule has 0 unspecified atom stereocenters. The van der Waals surface area contributed by atoms with E-state index in [9.17, 15) is 0 Å². The highest BCUT2D eigenvalue weighted by atomic mass is 127. The van der Waals surface area contributed by atoms with E-state index in [1.165, 1.54) is 15.7 Å². The lowest BCUT2D eigenvalue weighted by molar-refractivity contribution is 0.979. The summed E-state index contributed by atoms with van der Waals surface area (Å²) >= 11 is 2.32. The summed E-state index contributed by atoms with van der Waals surface area (Å²) in [6.45, 7) is 3.22. The minimum Gasteiger partial charge on any atom is -0.385 e. The van der Waals surface area contributed by atoms with Gasteiger partial charge in [-0.1, -0.05) is 13.0 Å². The highest BCUT2D eigenvalue weighted by molar-refractivity contribution is 14.1. The van der Waals surface area contributed by atoms with Crippen LogP contribution in [0.2, 0.25) is 0 Å². The van der Waals surface area contributed by atoms with E-state index in [4.69, 9.17) is 0 Å². The number of anilines is 1. The van der Waals surface area contributed by atoms with Gasteiger partial charge >= 0.3 is 0 Å². The number of halogens is 1. The Hall–Kier alpha value is -0.250. The average Bonchev–Trinajstić information content (AvgIpc) is 2.01. The van der Waals surface area contributed by atoms with Crippen LogP contribution in [0.5, 0.6) is 0 Å². The largest absolute Gasteiger partial charge is 0.385 e. The zero-order chi connectivity index (χ0) is 8.10. The molecule has 0 aliphatic rings. The Morgan fingerprint density at radius 1 is 1.45 bits per heavy atom. The lowest BCUT2D eigenvalue weighted by Gasteiger charge is -2.03. The molecular formula is C9H12IN. The van der Waals surface area contributed by atoms with E-state index in [1.807, 2.05) is 0 Å². The van der Waals surface area contributed by atoms with E-state index in [-0.39, 0.29) is 0 Å². The minimum atomic E-state index is 1.06. The van der Waals surface area contributed by atoms with Crippen molar-refractivity contribution in [1.29, 1.82) is 0 Å². The second-order valence-corrected chi connectivity index (χ2v) is 3.68. The van der Waals surface area contributed by atoms with Gasteiger partial charge in [0.05, 0.1) is 0 Å². The molecule has 0 amide bonds. The molecule has 0 aliphatic carbocycles. The number of nitrogens with one attached hydrogen (secondary N) is 1. The lowest BCUT2D eigenvalue weighted by atomic mass is 10.3. The molecule has 1 aromatic carbocycles. The number of hydrogen-bond donors (Lipinski definition) is 1. The summed E-state index contributed by atoms with van der Waals surface area (Å²) in [6, 6.07) is 8.41. The van der Waals surface area contributed by atoms with E-state index in [0.717, 1.165) is 6.54 Å². The molecule has 0 heterocycles. The fraction of sp³-hybridized carbons (Fsp3) is 0.333. The van der Waals surface area contributed by atoms with Crippen LogP contribution in [0, 0.1) is 3.57 Å². The molecule has 0 aromatic heterocycles. The van der Waals surface area contributed by atoms with E-state index in [1.54, 1.807) is 0 Å². The first kappa shape index (κ1) is 8.84. The Bertz CT molecular complexity index is 223. The maximum Gasteiger partial charge on any atom is 0.0350 e. The molecule has 60 valence electrons. The van der Waals surface area contributed by atoms with Crippen LogP contribution in [0.15, 0.2) is 24.3 Å². The Morgan fingerprint density at radius 3 is 2.91 bits per heavy atom. The monoisotopic (exact) mass is 261 g/mol. The van der Waals surface area contributed by atoms with E-state index in [0.29, 0.717) is 0 Å². The molecule has 0 aliphatic heterocycles. The van der Waals surface area contributed by atoms with Gasteiger partial charge in [0.25, 0.3) is 0 Å². The van der Waals surface area contributed by atoms with Crippen LogP contribution in [0.25, 0.3) is 0 Å². The standard InChI is InChI=1S/C9H12IN/c1-2-6-11-9-5-3-4-8(10)7-9/h3-5,7,11H,2,6H2,1H3. The zero-order valence-corrected chi connectivity index (χ0v) is 8.76. The van der Waals surface area contributed by atoms with Gasteiger partial charge in [-0.05, 0) is 47.2 Å². The molecule has 0 spiro atoms. The van der Waals surface area contributed by atoms with Crippen molar-refractivity contribution in [2.75, 3.05) is 11.9 Å². The van der Waals surface area contributed by atoms with Crippen molar-refractivity contribution < 1.29 is 0 Å². The smallest absolute Gasteiger partial charge is 0.0350 e. The van der Waals surface area contributed by atoms with Crippen LogP contribution in [0.1, 0.15) is 13.3 Å². The molecule has 0 radical (unpaired) electrons. The van der Waals surface area contributed by atoms with E-state index < -0.39 is 0 Å². The van der Waals surface area contributed by atoms with Crippen molar-refractivity contribution in [3.63, 3.8) is 0 Å². The molecule has 1 N–H and O–H groups in total. The normalized spacial score (nSPS) is 9.64. The molecule has 0 fully saturated rings. The molecule has 0 saturated carbocycles. The molecule has 11 heavy (non-hydrogen) atoms. The number of hydrogen-bond acceptors (Lipinski definition) is 1. The van der Waals surface area contributed by atoms with Crippen LogP contribution in [-0.2, 0) is 0 Å². The fourth-order valence-electron chi connectivity index (χ4n) is 0.868. The number of rotatable bonds is 3. The fourth-order valence-corrected chi connectivity index (χ4v) is 1.41. The first-order valence-corrected chi connectivity index (χ1v) is 4.90. The third-order valence-corrected chi connectivity index (χ3v) is 2.07. The maximum absolute atomic E-state index is 3.33. The van der Waals surface area contributed by atoms with Gasteiger partial charge in [0, 0.05) is 15.8 Å². The van der Waals surface area contributed by atoms with Gasteiger partial charge in [0.1, 0.15) is 0 Å². The quantitative estimate of drug-likeness (QED) is 0.824.